The molecule has 1 heterocycles. The fourth-order valence-electron chi connectivity index (χ4n) is 2.68. The summed E-state index contributed by atoms with van der Waals surface area (Å²) < 4.78 is 6.87. The Hall–Kier alpha value is -0.380. The maximum atomic E-state index is 10.8. The molecular weight excluding hydrogens is 292 g/mol. The van der Waals surface area contributed by atoms with Crippen LogP contribution in [0.3, 0.4) is 0 Å². The Kier molecular flexibility index (Phi) is 4.15. The van der Waals surface area contributed by atoms with Gasteiger partial charge in [-0.2, -0.15) is 0 Å². The van der Waals surface area contributed by atoms with Crippen molar-refractivity contribution in [3.63, 3.8) is 0 Å². The van der Waals surface area contributed by atoms with Gasteiger partial charge in [-0.1, -0.05) is 35.0 Å². The molecular formula is C15H21BrO2. The van der Waals surface area contributed by atoms with Crippen LogP contribution in [0.25, 0.3) is 0 Å². The number of halogens is 1. The molecule has 1 saturated heterocycles. The normalized spacial score (nSPS) is 32.4. The van der Waals surface area contributed by atoms with E-state index in [1.807, 2.05) is 12.1 Å². The zero-order valence-corrected chi connectivity index (χ0v) is 12.7. The van der Waals surface area contributed by atoms with Gasteiger partial charge in [-0.3, -0.25) is 0 Å². The van der Waals surface area contributed by atoms with Crippen molar-refractivity contribution >= 4 is 15.9 Å². The van der Waals surface area contributed by atoms with E-state index in [4.69, 9.17) is 4.74 Å². The van der Waals surface area contributed by atoms with E-state index in [-0.39, 0.29) is 5.60 Å². The number of rotatable bonds is 3. The zero-order chi connectivity index (χ0) is 13.2. The van der Waals surface area contributed by atoms with Crippen molar-refractivity contribution < 1.29 is 9.84 Å². The van der Waals surface area contributed by atoms with Crippen LogP contribution in [-0.4, -0.2) is 22.9 Å². The van der Waals surface area contributed by atoms with Crippen molar-refractivity contribution in [3.05, 3.63) is 34.3 Å². The molecule has 1 fully saturated rings. The Bertz CT molecular complexity index is 403. The quantitative estimate of drug-likeness (QED) is 0.922. The lowest BCUT2D eigenvalue weighted by molar-refractivity contribution is -0.152. The molecule has 0 saturated carbocycles. The molecule has 0 aliphatic carbocycles. The first-order valence-electron chi connectivity index (χ1n) is 6.56. The number of hydrogen-bond donors (Lipinski definition) is 1. The highest BCUT2D eigenvalue weighted by atomic mass is 79.9. The van der Waals surface area contributed by atoms with Crippen LogP contribution in [0.5, 0.6) is 0 Å². The molecule has 0 amide bonds. The van der Waals surface area contributed by atoms with Crippen molar-refractivity contribution in [2.75, 3.05) is 6.61 Å². The minimum Gasteiger partial charge on any atom is -0.389 e. The first-order chi connectivity index (χ1) is 8.45. The predicted molar refractivity (Wildman–Crippen MR) is 76.7 cm³/mol. The van der Waals surface area contributed by atoms with Gasteiger partial charge in [-0.05, 0) is 37.5 Å². The Morgan fingerprint density at radius 2 is 2.00 bits per heavy atom. The second kappa shape index (κ2) is 5.32. The van der Waals surface area contributed by atoms with Gasteiger partial charge in [0.25, 0.3) is 0 Å². The number of benzene rings is 1. The standard InChI is InChI=1S/C15H21BrO2/c1-3-14(2)11-15(17,8-9-18-14)10-12-4-6-13(16)7-5-12/h4-7,17H,3,8-11H2,1-2H3. The van der Waals surface area contributed by atoms with Gasteiger partial charge in [-0.15, -0.1) is 0 Å². The largest absolute Gasteiger partial charge is 0.389 e. The summed E-state index contributed by atoms with van der Waals surface area (Å²) in [5.41, 5.74) is 0.375. The summed E-state index contributed by atoms with van der Waals surface area (Å²) in [4.78, 5) is 0. The first-order valence-corrected chi connectivity index (χ1v) is 7.35. The fraction of sp³-hybridized carbons (Fsp3) is 0.600. The van der Waals surface area contributed by atoms with E-state index in [2.05, 4.69) is 41.9 Å². The highest BCUT2D eigenvalue weighted by Gasteiger charge is 2.40. The number of hydrogen-bond acceptors (Lipinski definition) is 2. The van der Waals surface area contributed by atoms with E-state index >= 15 is 0 Å². The minimum atomic E-state index is -0.628. The highest BCUT2D eigenvalue weighted by molar-refractivity contribution is 9.10. The fourth-order valence-corrected chi connectivity index (χ4v) is 2.95. The monoisotopic (exact) mass is 312 g/mol. The summed E-state index contributed by atoms with van der Waals surface area (Å²) >= 11 is 3.43. The summed E-state index contributed by atoms with van der Waals surface area (Å²) in [6.07, 6.45) is 3.08. The Morgan fingerprint density at radius 1 is 1.33 bits per heavy atom. The molecule has 18 heavy (non-hydrogen) atoms. The molecule has 2 atom stereocenters. The molecule has 1 aliphatic rings. The van der Waals surface area contributed by atoms with Crippen molar-refractivity contribution in [2.24, 2.45) is 0 Å². The molecule has 1 aliphatic heterocycles. The molecule has 2 rings (SSSR count). The lowest BCUT2D eigenvalue weighted by atomic mass is 9.78. The van der Waals surface area contributed by atoms with Gasteiger partial charge in [0.1, 0.15) is 0 Å². The van der Waals surface area contributed by atoms with Crippen LogP contribution in [0, 0.1) is 0 Å². The molecule has 2 nitrogen and oxygen atoms in total. The van der Waals surface area contributed by atoms with Gasteiger partial charge < -0.3 is 9.84 Å². The van der Waals surface area contributed by atoms with Crippen molar-refractivity contribution in [1.82, 2.24) is 0 Å². The van der Waals surface area contributed by atoms with Crippen molar-refractivity contribution in [1.29, 1.82) is 0 Å². The smallest absolute Gasteiger partial charge is 0.0737 e. The van der Waals surface area contributed by atoms with Gasteiger partial charge in [0.05, 0.1) is 17.8 Å². The molecule has 1 aromatic carbocycles. The van der Waals surface area contributed by atoms with Crippen LogP contribution < -0.4 is 0 Å². The third-order valence-corrected chi connectivity index (χ3v) is 4.44. The molecule has 3 heteroatoms. The summed E-state index contributed by atoms with van der Waals surface area (Å²) in [5, 5.41) is 10.8. The Balaban J connectivity index is 2.09. The molecule has 100 valence electrons. The summed E-state index contributed by atoms with van der Waals surface area (Å²) in [6.45, 7) is 4.86. The average Bonchev–Trinajstić information content (AvgIpc) is 2.32. The van der Waals surface area contributed by atoms with E-state index in [0.29, 0.717) is 19.4 Å². The van der Waals surface area contributed by atoms with Crippen LogP contribution in [0.4, 0.5) is 0 Å². The van der Waals surface area contributed by atoms with Crippen molar-refractivity contribution in [3.8, 4) is 0 Å². The summed E-state index contributed by atoms with van der Waals surface area (Å²) in [7, 11) is 0. The molecule has 0 bridgehead atoms. The predicted octanol–water partition coefficient (Wildman–Crippen LogP) is 3.70. The van der Waals surface area contributed by atoms with E-state index in [0.717, 1.165) is 17.3 Å². The average molecular weight is 313 g/mol. The third kappa shape index (κ3) is 3.34. The topological polar surface area (TPSA) is 29.5 Å². The summed E-state index contributed by atoms with van der Waals surface area (Å²) in [6, 6.07) is 8.19. The van der Waals surface area contributed by atoms with Crippen LogP contribution >= 0.6 is 15.9 Å². The van der Waals surface area contributed by atoms with Gasteiger partial charge in [0, 0.05) is 17.3 Å². The second-order valence-electron chi connectivity index (χ2n) is 5.61. The maximum absolute atomic E-state index is 10.8. The van der Waals surface area contributed by atoms with E-state index < -0.39 is 5.60 Å². The van der Waals surface area contributed by atoms with Gasteiger partial charge >= 0.3 is 0 Å². The van der Waals surface area contributed by atoms with Gasteiger partial charge in [0.15, 0.2) is 0 Å². The minimum absolute atomic E-state index is 0.178. The van der Waals surface area contributed by atoms with E-state index in [1.54, 1.807) is 0 Å². The second-order valence-corrected chi connectivity index (χ2v) is 6.52. The Labute approximate surface area is 117 Å². The molecule has 0 aromatic heterocycles. The number of aliphatic hydroxyl groups is 1. The molecule has 1 aromatic rings. The van der Waals surface area contributed by atoms with Crippen LogP contribution in [0.2, 0.25) is 0 Å². The molecule has 0 spiro atoms. The summed E-state index contributed by atoms with van der Waals surface area (Å²) in [5.74, 6) is 0. The molecule has 1 N–H and O–H groups in total. The SMILES string of the molecule is CCC1(C)CC(O)(Cc2ccc(Br)cc2)CCO1. The van der Waals surface area contributed by atoms with Crippen LogP contribution in [0.1, 0.15) is 38.7 Å². The van der Waals surface area contributed by atoms with Crippen LogP contribution in [0.15, 0.2) is 28.7 Å². The molecule has 0 radical (unpaired) electrons. The zero-order valence-electron chi connectivity index (χ0n) is 11.1. The van der Waals surface area contributed by atoms with Gasteiger partial charge in [0.2, 0.25) is 0 Å². The Morgan fingerprint density at radius 3 is 2.61 bits per heavy atom. The first kappa shape index (κ1) is 14.0. The maximum Gasteiger partial charge on any atom is 0.0737 e. The number of ether oxygens (including phenoxy) is 1. The van der Waals surface area contributed by atoms with Crippen LogP contribution in [-0.2, 0) is 11.2 Å². The van der Waals surface area contributed by atoms with E-state index in [9.17, 15) is 5.11 Å². The van der Waals surface area contributed by atoms with Gasteiger partial charge in [-0.25, -0.2) is 0 Å². The van der Waals surface area contributed by atoms with E-state index in [1.165, 1.54) is 5.56 Å². The van der Waals surface area contributed by atoms with Crippen molar-refractivity contribution in [2.45, 2.75) is 50.7 Å². The third-order valence-electron chi connectivity index (χ3n) is 3.92. The highest BCUT2D eigenvalue weighted by Crippen LogP contribution is 2.36. The molecule has 2 unspecified atom stereocenters. The lowest BCUT2D eigenvalue weighted by Gasteiger charge is -2.43. The lowest BCUT2D eigenvalue weighted by Crippen LogP contribution is -2.48.